The van der Waals surface area contributed by atoms with Crippen molar-refractivity contribution in [3.63, 3.8) is 0 Å². The number of carboxylic acid groups (broad SMARTS) is 1. The van der Waals surface area contributed by atoms with Crippen molar-refractivity contribution in [2.24, 2.45) is 5.92 Å². The third kappa shape index (κ3) is 2.68. The highest BCUT2D eigenvalue weighted by Gasteiger charge is 2.36. The van der Waals surface area contributed by atoms with Gasteiger partial charge >= 0.3 is 5.97 Å². The molecule has 2 atom stereocenters. The molecular weight excluding hydrogens is 250 g/mol. The van der Waals surface area contributed by atoms with E-state index in [-0.39, 0.29) is 6.04 Å². The minimum absolute atomic E-state index is 0.0429. The van der Waals surface area contributed by atoms with Crippen LogP contribution in [0.5, 0.6) is 0 Å². The first-order chi connectivity index (χ1) is 9.65. The van der Waals surface area contributed by atoms with Crippen molar-refractivity contribution in [3.05, 3.63) is 48.0 Å². The van der Waals surface area contributed by atoms with Crippen LogP contribution in [-0.2, 0) is 4.79 Å². The molecule has 20 heavy (non-hydrogen) atoms. The second-order valence-electron chi connectivity index (χ2n) is 5.65. The Morgan fingerprint density at radius 2 is 1.90 bits per heavy atom. The Morgan fingerprint density at radius 3 is 2.55 bits per heavy atom. The lowest BCUT2D eigenvalue weighted by Gasteiger charge is -2.20. The number of carbonyl (C=O) groups is 1. The van der Waals surface area contributed by atoms with Crippen molar-refractivity contribution in [3.8, 4) is 0 Å². The van der Waals surface area contributed by atoms with Crippen LogP contribution in [0.2, 0.25) is 0 Å². The summed E-state index contributed by atoms with van der Waals surface area (Å²) in [4.78, 5) is 11.3. The summed E-state index contributed by atoms with van der Waals surface area (Å²) in [5, 5.41) is 14.9. The van der Waals surface area contributed by atoms with Gasteiger partial charge < -0.3 is 5.11 Å². The summed E-state index contributed by atoms with van der Waals surface area (Å²) in [6, 6.07) is 14.1. The standard InChI is InChI=1S/C17H19NO2/c1-11(18-16(17(19)20)13-7-8-13)14-9-6-12-4-2-3-5-15(12)10-14/h2-6,9-11,13,16,18H,7-8H2,1H3,(H,19,20). The number of hydrogen-bond donors (Lipinski definition) is 2. The average molecular weight is 269 g/mol. The molecule has 0 spiro atoms. The first-order valence-corrected chi connectivity index (χ1v) is 7.12. The third-order valence-corrected chi connectivity index (χ3v) is 4.06. The Kier molecular flexibility index (Phi) is 3.45. The SMILES string of the molecule is CC(NC(C(=O)O)C1CC1)c1ccc2ccccc2c1. The zero-order valence-electron chi connectivity index (χ0n) is 11.5. The van der Waals surface area contributed by atoms with Gasteiger partial charge in [-0.25, -0.2) is 0 Å². The van der Waals surface area contributed by atoms with Crippen molar-refractivity contribution in [1.82, 2.24) is 5.32 Å². The summed E-state index contributed by atoms with van der Waals surface area (Å²) in [7, 11) is 0. The van der Waals surface area contributed by atoms with Crippen molar-refractivity contribution in [2.75, 3.05) is 0 Å². The largest absolute Gasteiger partial charge is 0.480 e. The van der Waals surface area contributed by atoms with Crippen LogP contribution in [0, 0.1) is 5.92 Å². The molecule has 0 saturated heterocycles. The molecule has 1 aliphatic carbocycles. The van der Waals surface area contributed by atoms with Crippen LogP contribution >= 0.6 is 0 Å². The summed E-state index contributed by atoms with van der Waals surface area (Å²) >= 11 is 0. The van der Waals surface area contributed by atoms with E-state index in [2.05, 4.69) is 35.6 Å². The van der Waals surface area contributed by atoms with E-state index in [0.717, 1.165) is 18.4 Å². The van der Waals surface area contributed by atoms with Gasteiger partial charge in [-0.1, -0.05) is 36.4 Å². The van der Waals surface area contributed by atoms with E-state index in [0.29, 0.717) is 5.92 Å². The normalized spacial score (nSPS) is 17.9. The van der Waals surface area contributed by atoms with Crippen LogP contribution in [0.4, 0.5) is 0 Å². The highest BCUT2D eigenvalue weighted by Crippen LogP contribution is 2.34. The Bertz CT molecular complexity index is 634. The monoisotopic (exact) mass is 269 g/mol. The summed E-state index contributed by atoms with van der Waals surface area (Å²) in [5.41, 5.74) is 1.13. The van der Waals surface area contributed by atoms with E-state index in [1.54, 1.807) is 0 Å². The van der Waals surface area contributed by atoms with Crippen LogP contribution in [-0.4, -0.2) is 17.1 Å². The lowest BCUT2D eigenvalue weighted by Crippen LogP contribution is -2.40. The molecule has 2 N–H and O–H groups in total. The fourth-order valence-electron chi connectivity index (χ4n) is 2.68. The first kappa shape index (κ1) is 13.1. The fraction of sp³-hybridized carbons (Fsp3) is 0.353. The van der Waals surface area contributed by atoms with E-state index < -0.39 is 12.0 Å². The molecule has 0 aliphatic heterocycles. The Balaban J connectivity index is 1.80. The minimum Gasteiger partial charge on any atom is -0.480 e. The second-order valence-corrected chi connectivity index (χ2v) is 5.65. The molecule has 3 nitrogen and oxygen atoms in total. The van der Waals surface area contributed by atoms with Gasteiger partial charge in [0.15, 0.2) is 0 Å². The van der Waals surface area contributed by atoms with Crippen LogP contribution in [0.3, 0.4) is 0 Å². The quantitative estimate of drug-likeness (QED) is 0.875. The van der Waals surface area contributed by atoms with Gasteiger partial charge in [0.2, 0.25) is 0 Å². The van der Waals surface area contributed by atoms with Crippen molar-refractivity contribution >= 4 is 16.7 Å². The Morgan fingerprint density at radius 1 is 1.20 bits per heavy atom. The molecule has 2 unspecified atom stereocenters. The van der Waals surface area contributed by atoms with Crippen LogP contribution in [0.15, 0.2) is 42.5 Å². The van der Waals surface area contributed by atoms with E-state index in [1.807, 2.05) is 19.1 Å². The van der Waals surface area contributed by atoms with Crippen LogP contribution in [0.25, 0.3) is 10.8 Å². The average Bonchev–Trinajstić information content (AvgIpc) is 3.28. The lowest BCUT2D eigenvalue weighted by molar-refractivity contribution is -0.140. The van der Waals surface area contributed by atoms with Crippen LogP contribution in [0.1, 0.15) is 31.4 Å². The topological polar surface area (TPSA) is 49.3 Å². The lowest BCUT2D eigenvalue weighted by atomic mass is 10.0. The van der Waals surface area contributed by atoms with Gasteiger partial charge in [0, 0.05) is 6.04 Å². The Hall–Kier alpha value is -1.87. The molecule has 1 aliphatic rings. The van der Waals surface area contributed by atoms with Gasteiger partial charge in [0.25, 0.3) is 0 Å². The number of benzene rings is 2. The zero-order chi connectivity index (χ0) is 14.1. The molecular formula is C17H19NO2. The molecule has 2 aromatic rings. The second kappa shape index (κ2) is 5.25. The number of carboxylic acids is 1. The van der Waals surface area contributed by atoms with Crippen molar-refractivity contribution in [1.29, 1.82) is 0 Å². The van der Waals surface area contributed by atoms with Gasteiger partial charge in [-0.15, -0.1) is 0 Å². The van der Waals surface area contributed by atoms with Crippen LogP contribution < -0.4 is 5.32 Å². The number of nitrogens with one attached hydrogen (secondary N) is 1. The molecule has 3 rings (SSSR count). The first-order valence-electron chi connectivity index (χ1n) is 7.12. The molecule has 1 saturated carbocycles. The van der Waals surface area contributed by atoms with Gasteiger partial charge in [-0.2, -0.15) is 0 Å². The van der Waals surface area contributed by atoms with E-state index in [9.17, 15) is 9.90 Å². The van der Waals surface area contributed by atoms with Crippen molar-refractivity contribution in [2.45, 2.75) is 31.8 Å². The fourth-order valence-corrected chi connectivity index (χ4v) is 2.68. The molecule has 0 heterocycles. The maximum absolute atomic E-state index is 11.3. The summed E-state index contributed by atoms with van der Waals surface area (Å²) < 4.78 is 0. The summed E-state index contributed by atoms with van der Waals surface area (Å²) in [6.07, 6.45) is 2.04. The van der Waals surface area contributed by atoms with Gasteiger partial charge in [-0.05, 0) is 48.1 Å². The number of hydrogen-bond acceptors (Lipinski definition) is 2. The summed E-state index contributed by atoms with van der Waals surface area (Å²) in [5.74, 6) is -0.435. The van der Waals surface area contributed by atoms with Gasteiger partial charge in [-0.3, -0.25) is 10.1 Å². The third-order valence-electron chi connectivity index (χ3n) is 4.06. The zero-order valence-corrected chi connectivity index (χ0v) is 11.5. The predicted molar refractivity (Wildman–Crippen MR) is 79.6 cm³/mol. The molecule has 0 radical (unpaired) electrons. The molecule has 2 aromatic carbocycles. The maximum Gasteiger partial charge on any atom is 0.320 e. The molecule has 104 valence electrons. The molecule has 0 amide bonds. The molecule has 1 fully saturated rings. The van der Waals surface area contributed by atoms with Crippen molar-refractivity contribution < 1.29 is 9.90 Å². The molecule has 0 aromatic heterocycles. The summed E-state index contributed by atoms with van der Waals surface area (Å²) in [6.45, 7) is 2.03. The van der Waals surface area contributed by atoms with Gasteiger partial charge in [0.05, 0.1) is 0 Å². The maximum atomic E-state index is 11.3. The van der Waals surface area contributed by atoms with E-state index >= 15 is 0 Å². The van der Waals surface area contributed by atoms with E-state index in [4.69, 9.17) is 0 Å². The van der Waals surface area contributed by atoms with Gasteiger partial charge in [0.1, 0.15) is 6.04 Å². The highest BCUT2D eigenvalue weighted by atomic mass is 16.4. The number of aliphatic carboxylic acids is 1. The van der Waals surface area contributed by atoms with E-state index in [1.165, 1.54) is 10.8 Å². The number of rotatable bonds is 5. The predicted octanol–water partition coefficient (Wildman–Crippen LogP) is 3.35. The molecule has 3 heteroatoms. The smallest absolute Gasteiger partial charge is 0.320 e. The molecule has 0 bridgehead atoms. The Labute approximate surface area is 118 Å². The highest BCUT2D eigenvalue weighted by molar-refractivity contribution is 5.83. The minimum atomic E-state index is -0.736. The number of fused-ring (bicyclic) bond motifs is 1.